The van der Waals surface area contributed by atoms with Gasteiger partial charge in [-0.25, -0.2) is 9.97 Å². The SMILES string of the molecule is Cc1cccc(Oc2ccccc2C(=O)NCc2nccc(N)n2)c1. The summed E-state index contributed by atoms with van der Waals surface area (Å²) in [7, 11) is 0. The number of carbonyl (C=O) groups excluding carboxylic acids is 1. The quantitative estimate of drug-likeness (QED) is 0.748. The van der Waals surface area contributed by atoms with Crippen molar-refractivity contribution in [3.05, 3.63) is 77.7 Å². The van der Waals surface area contributed by atoms with Gasteiger partial charge in [-0.3, -0.25) is 4.79 Å². The molecule has 1 heterocycles. The minimum absolute atomic E-state index is 0.183. The van der Waals surface area contributed by atoms with Crippen LogP contribution < -0.4 is 15.8 Å². The highest BCUT2D eigenvalue weighted by molar-refractivity contribution is 5.96. The van der Waals surface area contributed by atoms with Crippen LogP contribution in [0.1, 0.15) is 21.7 Å². The van der Waals surface area contributed by atoms with Crippen molar-refractivity contribution in [3.8, 4) is 11.5 Å². The van der Waals surface area contributed by atoms with Crippen LogP contribution in [-0.4, -0.2) is 15.9 Å². The van der Waals surface area contributed by atoms with Crippen LogP contribution in [0.2, 0.25) is 0 Å². The van der Waals surface area contributed by atoms with Gasteiger partial charge in [0.05, 0.1) is 12.1 Å². The van der Waals surface area contributed by atoms with Crippen molar-refractivity contribution < 1.29 is 9.53 Å². The highest BCUT2D eigenvalue weighted by Crippen LogP contribution is 2.25. The van der Waals surface area contributed by atoms with Crippen molar-refractivity contribution >= 4 is 11.7 Å². The minimum Gasteiger partial charge on any atom is -0.457 e. The smallest absolute Gasteiger partial charge is 0.255 e. The lowest BCUT2D eigenvalue weighted by molar-refractivity contribution is 0.0947. The zero-order valence-electron chi connectivity index (χ0n) is 13.8. The molecule has 0 radical (unpaired) electrons. The number of nitrogens with zero attached hydrogens (tertiary/aromatic N) is 2. The summed E-state index contributed by atoms with van der Waals surface area (Å²) < 4.78 is 5.87. The Balaban J connectivity index is 1.74. The zero-order valence-corrected chi connectivity index (χ0v) is 13.8. The number of rotatable bonds is 5. The molecule has 0 aliphatic heterocycles. The van der Waals surface area contributed by atoms with E-state index in [1.54, 1.807) is 30.5 Å². The van der Waals surface area contributed by atoms with Gasteiger partial charge in [-0.2, -0.15) is 0 Å². The number of nitrogens with one attached hydrogen (secondary N) is 1. The van der Waals surface area contributed by atoms with Gasteiger partial charge < -0.3 is 15.8 Å². The molecule has 0 saturated heterocycles. The number of nitrogens with two attached hydrogens (primary N) is 1. The Bertz CT molecular complexity index is 896. The fraction of sp³-hybridized carbons (Fsp3) is 0.105. The van der Waals surface area contributed by atoms with E-state index in [-0.39, 0.29) is 12.5 Å². The van der Waals surface area contributed by atoms with Gasteiger partial charge in [-0.15, -0.1) is 0 Å². The molecule has 0 saturated carbocycles. The molecule has 6 nitrogen and oxygen atoms in total. The lowest BCUT2D eigenvalue weighted by Crippen LogP contribution is -2.24. The second kappa shape index (κ2) is 7.44. The van der Waals surface area contributed by atoms with E-state index in [1.165, 1.54) is 0 Å². The number of benzene rings is 2. The third kappa shape index (κ3) is 4.32. The monoisotopic (exact) mass is 334 g/mol. The van der Waals surface area contributed by atoms with Crippen molar-refractivity contribution in [1.29, 1.82) is 0 Å². The molecule has 0 unspecified atom stereocenters. The average Bonchev–Trinajstić information content (AvgIpc) is 2.60. The summed E-state index contributed by atoms with van der Waals surface area (Å²) in [4.78, 5) is 20.6. The van der Waals surface area contributed by atoms with E-state index in [0.717, 1.165) is 5.56 Å². The van der Waals surface area contributed by atoms with Crippen LogP contribution in [0.25, 0.3) is 0 Å². The highest BCUT2D eigenvalue weighted by atomic mass is 16.5. The number of carbonyl (C=O) groups is 1. The largest absolute Gasteiger partial charge is 0.457 e. The number of ether oxygens (including phenoxy) is 1. The number of nitrogen functional groups attached to an aromatic ring is 1. The molecule has 3 N–H and O–H groups in total. The van der Waals surface area contributed by atoms with Crippen LogP contribution in [0.15, 0.2) is 60.8 Å². The molecule has 25 heavy (non-hydrogen) atoms. The first-order valence-corrected chi connectivity index (χ1v) is 7.81. The summed E-state index contributed by atoms with van der Waals surface area (Å²) in [5.41, 5.74) is 7.13. The summed E-state index contributed by atoms with van der Waals surface area (Å²) in [6.45, 7) is 2.17. The van der Waals surface area contributed by atoms with E-state index in [1.807, 2.05) is 37.3 Å². The number of para-hydroxylation sites is 1. The maximum Gasteiger partial charge on any atom is 0.255 e. The van der Waals surface area contributed by atoms with Crippen molar-refractivity contribution in [1.82, 2.24) is 15.3 Å². The van der Waals surface area contributed by atoms with Crippen LogP contribution in [0.3, 0.4) is 0 Å². The topological polar surface area (TPSA) is 90.1 Å². The fourth-order valence-electron chi connectivity index (χ4n) is 2.30. The maximum atomic E-state index is 12.5. The van der Waals surface area contributed by atoms with E-state index in [0.29, 0.717) is 28.7 Å². The second-order valence-corrected chi connectivity index (χ2v) is 5.50. The lowest BCUT2D eigenvalue weighted by atomic mass is 10.2. The fourth-order valence-corrected chi connectivity index (χ4v) is 2.30. The molecule has 6 heteroatoms. The van der Waals surface area contributed by atoms with Crippen LogP contribution in [0.5, 0.6) is 11.5 Å². The molecule has 3 aromatic rings. The van der Waals surface area contributed by atoms with E-state index < -0.39 is 0 Å². The Morgan fingerprint density at radius 3 is 2.80 bits per heavy atom. The van der Waals surface area contributed by atoms with Crippen LogP contribution in [0.4, 0.5) is 5.82 Å². The predicted octanol–water partition coefficient (Wildman–Crippen LogP) is 3.09. The lowest BCUT2D eigenvalue weighted by Gasteiger charge is -2.11. The van der Waals surface area contributed by atoms with E-state index in [9.17, 15) is 4.79 Å². The van der Waals surface area contributed by atoms with Gasteiger partial charge in [-0.05, 0) is 42.8 Å². The molecule has 0 bridgehead atoms. The Hall–Kier alpha value is -3.41. The summed E-state index contributed by atoms with van der Waals surface area (Å²) in [6.07, 6.45) is 1.55. The standard InChI is InChI=1S/C19H18N4O2/c1-13-5-4-6-14(11-13)25-16-8-3-2-7-15(16)19(24)22-12-18-21-10-9-17(20)23-18/h2-11H,12H2,1H3,(H,22,24)(H2,20,21,23). The zero-order chi connectivity index (χ0) is 17.6. The number of anilines is 1. The van der Waals surface area contributed by atoms with E-state index in [4.69, 9.17) is 10.5 Å². The molecule has 0 atom stereocenters. The Labute approximate surface area is 145 Å². The molecule has 0 fully saturated rings. The summed E-state index contributed by atoms with van der Waals surface area (Å²) in [5, 5.41) is 2.78. The average molecular weight is 334 g/mol. The van der Waals surface area contributed by atoms with Gasteiger partial charge in [-0.1, -0.05) is 24.3 Å². The molecule has 0 spiro atoms. The summed E-state index contributed by atoms with van der Waals surface area (Å²) >= 11 is 0. The highest BCUT2D eigenvalue weighted by Gasteiger charge is 2.13. The van der Waals surface area contributed by atoms with Crippen LogP contribution >= 0.6 is 0 Å². The van der Waals surface area contributed by atoms with Crippen LogP contribution in [0, 0.1) is 6.92 Å². The number of amides is 1. The Kier molecular flexibility index (Phi) is 4.89. The van der Waals surface area contributed by atoms with Crippen molar-refractivity contribution in [3.63, 3.8) is 0 Å². The number of hydrogen-bond donors (Lipinski definition) is 2. The van der Waals surface area contributed by atoms with Crippen molar-refractivity contribution in [2.45, 2.75) is 13.5 Å². The molecule has 1 amide bonds. The Morgan fingerprint density at radius 2 is 2.00 bits per heavy atom. The first-order valence-electron chi connectivity index (χ1n) is 7.81. The Morgan fingerprint density at radius 1 is 1.16 bits per heavy atom. The third-order valence-electron chi connectivity index (χ3n) is 3.48. The third-order valence-corrected chi connectivity index (χ3v) is 3.48. The first kappa shape index (κ1) is 16.4. The normalized spacial score (nSPS) is 10.3. The van der Waals surface area contributed by atoms with Crippen molar-refractivity contribution in [2.24, 2.45) is 0 Å². The van der Waals surface area contributed by atoms with Gasteiger partial charge in [0.15, 0.2) is 0 Å². The summed E-state index contributed by atoms with van der Waals surface area (Å²) in [5.74, 6) is 1.71. The predicted molar refractivity (Wildman–Crippen MR) is 95.3 cm³/mol. The minimum atomic E-state index is -0.269. The molecule has 126 valence electrons. The number of aromatic nitrogens is 2. The molecule has 0 aliphatic carbocycles. The maximum absolute atomic E-state index is 12.5. The van der Waals surface area contributed by atoms with Gasteiger partial charge >= 0.3 is 0 Å². The molecular weight excluding hydrogens is 316 g/mol. The second-order valence-electron chi connectivity index (χ2n) is 5.50. The van der Waals surface area contributed by atoms with Gasteiger partial charge in [0.1, 0.15) is 23.1 Å². The first-order chi connectivity index (χ1) is 12.1. The van der Waals surface area contributed by atoms with Gasteiger partial charge in [0.25, 0.3) is 5.91 Å². The van der Waals surface area contributed by atoms with Gasteiger partial charge in [0.2, 0.25) is 0 Å². The number of hydrogen-bond acceptors (Lipinski definition) is 5. The summed E-state index contributed by atoms with van der Waals surface area (Å²) in [6, 6.07) is 16.3. The molecule has 0 aliphatic rings. The van der Waals surface area contributed by atoms with E-state index >= 15 is 0 Å². The van der Waals surface area contributed by atoms with Crippen LogP contribution in [-0.2, 0) is 6.54 Å². The molecule has 3 rings (SSSR count). The van der Waals surface area contributed by atoms with Gasteiger partial charge in [0, 0.05) is 6.20 Å². The molecule has 1 aromatic heterocycles. The molecular formula is C19H18N4O2. The van der Waals surface area contributed by atoms with Crippen molar-refractivity contribution in [2.75, 3.05) is 5.73 Å². The number of aryl methyl sites for hydroxylation is 1. The van der Waals surface area contributed by atoms with E-state index in [2.05, 4.69) is 15.3 Å². The molecule has 2 aromatic carbocycles.